The van der Waals surface area contributed by atoms with Crippen molar-refractivity contribution in [2.24, 2.45) is 5.16 Å². The summed E-state index contributed by atoms with van der Waals surface area (Å²) in [6.07, 6.45) is 0. The van der Waals surface area contributed by atoms with Crippen molar-refractivity contribution in [3.8, 4) is 16.9 Å². The standard InChI is InChI=1S/C22H16N2O5/c25-24(26)16-9-14-11-27-13-28-22(14)15(10-16)12-29-23-21-19-7-3-1-5-17(19)18-6-2-4-8-20(18)21/h1-10H,11-13H2. The maximum Gasteiger partial charge on any atom is 0.270 e. The molecule has 0 unspecified atom stereocenters. The number of hydrogen-bond acceptors (Lipinski definition) is 6. The molecule has 0 saturated heterocycles. The molecular weight excluding hydrogens is 372 g/mol. The van der Waals surface area contributed by atoms with Gasteiger partial charge < -0.3 is 14.3 Å². The van der Waals surface area contributed by atoms with Crippen LogP contribution in [0.1, 0.15) is 22.3 Å². The highest BCUT2D eigenvalue weighted by Gasteiger charge is 2.25. The molecule has 1 heterocycles. The molecule has 0 fully saturated rings. The van der Waals surface area contributed by atoms with Gasteiger partial charge in [0.05, 0.1) is 11.5 Å². The Labute approximate surface area is 166 Å². The number of benzene rings is 3. The minimum absolute atomic E-state index is 0.0272. The average Bonchev–Trinajstić information content (AvgIpc) is 3.07. The molecule has 0 radical (unpaired) electrons. The third-order valence-electron chi connectivity index (χ3n) is 5.01. The van der Waals surface area contributed by atoms with Crippen LogP contribution in [0.5, 0.6) is 5.75 Å². The lowest BCUT2D eigenvalue weighted by Gasteiger charge is -2.20. The molecule has 1 aliphatic heterocycles. The summed E-state index contributed by atoms with van der Waals surface area (Å²) in [4.78, 5) is 16.5. The molecule has 0 amide bonds. The Morgan fingerprint density at radius 2 is 1.66 bits per heavy atom. The topological polar surface area (TPSA) is 83.2 Å². The summed E-state index contributed by atoms with van der Waals surface area (Å²) in [7, 11) is 0. The molecule has 0 atom stereocenters. The van der Waals surface area contributed by atoms with Gasteiger partial charge in [0, 0.05) is 34.4 Å². The highest BCUT2D eigenvalue weighted by Crippen LogP contribution is 2.37. The van der Waals surface area contributed by atoms with Gasteiger partial charge in [0.15, 0.2) is 6.79 Å². The highest BCUT2D eigenvalue weighted by atomic mass is 16.7. The molecule has 144 valence electrons. The van der Waals surface area contributed by atoms with Gasteiger partial charge in [-0.15, -0.1) is 0 Å². The Morgan fingerprint density at radius 1 is 1.00 bits per heavy atom. The van der Waals surface area contributed by atoms with Gasteiger partial charge in [0.2, 0.25) is 0 Å². The van der Waals surface area contributed by atoms with Crippen molar-refractivity contribution < 1.29 is 19.2 Å². The minimum atomic E-state index is -0.437. The van der Waals surface area contributed by atoms with Gasteiger partial charge in [-0.3, -0.25) is 10.1 Å². The maximum absolute atomic E-state index is 11.3. The second-order valence-corrected chi connectivity index (χ2v) is 6.77. The van der Waals surface area contributed by atoms with E-state index in [0.29, 0.717) is 16.9 Å². The van der Waals surface area contributed by atoms with Crippen LogP contribution in [-0.2, 0) is 22.8 Å². The SMILES string of the molecule is O=[N+]([O-])c1cc2c(c(CON=C3c4ccccc4-c4ccccc43)c1)OCOC2. The molecule has 7 nitrogen and oxygen atoms in total. The Hall–Kier alpha value is -3.71. The zero-order valence-corrected chi connectivity index (χ0v) is 15.3. The van der Waals surface area contributed by atoms with E-state index in [9.17, 15) is 10.1 Å². The zero-order chi connectivity index (χ0) is 19.8. The van der Waals surface area contributed by atoms with Crippen LogP contribution in [0.2, 0.25) is 0 Å². The Bertz CT molecular complexity index is 1110. The van der Waals surface area contributed by atoms with Crippen LogP contribution >= 0.6 is 0 Å². The van der Waals surface area contributed by atoms with Crippen LogP contribution in [0.15, 0.2) is 65.8 Å². The number of fused-ring (bicyclic) bond motifs is 4. The molecule has 5 rings (SSSR count). The van der Waals surface area contributed by atoms with E-state index in [4.69, 9.17) is 14.3 Å². The molecule has 29 heavy (non-hydrogen) atoms. The average molecular weight is 388 g/mol. The molecule has 3 aromatic carbocycles. The van der Waals surface area contributed by atoms with E-state index in [0.717, 1.165) is 28.0 Å². The summed E-state index contributed by atoms with van der Waals surface area (Å²) < 4.78 is 10.8. The van der Waals surface area contributed by atoms with Crippen molar-refractivity contribution in [1.29, 1.82) is 0 Å². The maximum atomic E-state index is 11.3. The van der Waals surface area contributed by atoms with Crippen LogP contribution < -0.4 is 4.74 Å². The fourth-order valence-electron chi connectivity index (χ4n) is 3.75. The first kappa shape index (κ1) is 17.4. The molecule has 2 aliphatic rings. The normalized spacial score (nSPS) is 13.7. The second kappa shape index (κ2) is 7.03. The van der Waals surface area contributed by atoms with E-state index in [-0.39, 0.29) is 25.7 Å². The largest absolute Gasteiger partial charge is 0.467 e. The predicted molar refractivity (Wildman–Crippen MR) is 106 cm³/mol. The van der Waals surface area contributed by atoms with Crippen molar-refractivity contribution in [3.63, 3.8) is 0 Å². The third-order valence-corrected chi connectivity index (χ3v) is 5.01. The van der Waals surface area contributed by atoms with Crippen LogP contribution in [0, 0.1) is 10.1 Å². The lowest BCUT2D eigenvalue weighted by Crippen LogP contribution is -2.14. The summed E-state index contributed by atoms with van der Waals surface area (Å²) in [5, 5.41) is 15.6. The molecule has 1 aliphatic carbocycles. The van der Waals surface area contributed by atoms with Gasteiger partial charge in [-0.05, 0) is 11.1 Å². The van der Waals surface area contributed by atoms with Crippen molar-refractivity contribution in [2.75, 3.05) is 6.79 Å². The second-order valence-electron chi connectivity index (χ2n) is 6.77. The number of non-ortho nitro benzene ring substituents is 1. The van der Waals surface area contributed by atoms with Crippen molar-refractivity contribution in [2.45, 2.75) is 13.2 Å². The number of nitro groups is 1. The van der Waals surface area contributed by atoms with Crippen molar-refractivity contribution in [3.05, 3.63) is 93.0 Å². The number of oxime groups is 1. The van der Waals surface area contributed by atoms with Gasteiger partial charge >= 0.3 is 0 Å². The fraction of sp³-hybridized carbons (Fsp3) is 0.136. The van der Waals surface area contributed by atoms with E-state index in [1.165, 1.54) is 12.1 Å². The lowest BCUT2D eigenvalue weighted by atomic mass is 10.1. The van der Waals surface area contributed by atoms with Gasteiger partial charge in [-0.2, -0.15) is 0 Å². The van der Waals surface area contributed by atoms with Gasteiger partial charge in [-0.1, -0.05) is 53.7 Å². The van der Waals surface area contributed by atoms with Crippen LogP contribution in [0.3, 0.4) is 0 Å². The molecule has 0 saturated carbocycles. The number of nitro benzene ring substituents is 1. The quantitative estimate of drug-likeness (QED) is 0.382. The van der Waals surface area contributed by atoms with E-state index >= 15 is 0 Å². The summed E-state index contributed by atoms with van der Waals surface area (Å²) in [6.45, 7) is 0.421. The summed E-state index contributed by atoms with van der Waals surface area (Å²) in [5.41, 5.74) is 6.14. The Kier molecular flexibility index (Phi) is 4.22. The summed E-state index contributed by atoms with van der Waals surface area (Å²) in [6, 6.07) is 19.0. The molecule has 0 aromatic heterocycles. The Morgan fingerprint density at radius 3 is 2.31 bits per heavy atom. The van der Waals surface area contributed by atoms with Gasteiger partial charge in [0.25, 0.3) is 5.69 Å². The monoisotopic (exact) mass is 388 g/mol. The third kappa shape index (κ3) is 3.01. The van der Waals surface area contributed by atoms with E-state index in [2.05, 4.69) is 17.3 Å². The highest BCUT2D eigenvalue weighted by molar-refractivity contribution is 6.24. The van der Waals surface area contributed by atoms with Gasteiger partial charge in [0.1, 0.15) is 18.1 Å². The van der Waals surface area contributed by atoms with E-state index in [1.54, 1.807) is 0 Å². The van der Waals surface area contributed by atoms with E-state index < -0.39 is 4.92 Å². The number of ether oxygens (including phenoxy) is 2. The minimum Gasteiger partial charge on any atom is -0.467 e. The lowest BCUT2D eigenvalue weighted by molar-refractivity contribution is -0.385. The Balaban J connectivity index is 1.48. The first-order valence-electron chi connectivity index (χ1n) is 9.12. The molecule has 0 spiro atoms. The smallest absolute Gasteiger partial charge is 0.270 e. The number of hydrogen-bond donors (Lipinski definition) is 0. The molecule has 0 bridgehead atoms. The number of nitrogens with zero attached hydrogens (tertiary/aromatic N) is 2. The zero-order valence-electron chi connectivity index (χ0n) is 15.3. The molecular formula is C22H16N2O5. The van der Waals surface area contributed by atoms with Crippen molar-refractivity contribution in [1.82, 2.24) is 0 Å². The van der Waals surface area contributed by atoms with Crippen LogP contribution in [0.4, 0.5) is 5.69 Å². The predicted octanol–water partition coefficient (Wildman–Crippen LogP) is 4.41. The first-order valence-corrected chi connectivity index (χ1v) is 9.12. The molecule has 3 aromatic rings. The summed E-state index contributed by atoms with van der Waals surface area (Å²) >= 11 is 0. The van der Waals surface area contributed by atoms with Crippen LogP contribution in [0.25, 0.3) is 11.1 Å². The first-order chi connectivity index (χ1) is 14.2. The van der Waals surface area contributed by atoms with Crippen LogP contribution in [-0.4, -0.2) is 17.4 Å². The molecule has 7 heteroatoms. The summed E-state index contributed by atoms with van der Waals surface area (Å²) in [5.74, 6) is 0.564. The van der Waals surface area contributed by atoms with Crippen molar-refractivity contribution >= 4 is 11.4 Å². The van der Waals surface area contributed by atoms with Gasteiger partial charge in [-0.25, -0.2) is 0 Å². The van der Waals surface area contributed by atoms with E-state index in [1.807, 2.05) is 36.4 Å². The number of rotatable bonds is 4. The molecule has 0 N–H and O–H groups in total. The fourth-order valence-corrected chi connectivity index (χ4v) is 3.75.